The summed E-state index contributed by atoms with van der Waals surface area (Å²) in [5, 5.41) is 2.93. The largest absolute Gasteiger partial charge is 0.399 e. The van der Waals surface area contributed by atoms with E-state index in [4.69, 9.17) is 5.73 Å². The van der Waals surface area contributed by atoms with Crippen LogP contribution in [-0.4, -0.2) is 48.0 Å². The van der Waals surface area contributed by atoms with E-state index in [9.17, 15) is 4.79 Å². The molecular weight excluding hydrogens is 302 g/mol. The van der Waals surface area contributed by atoms with Crippen molar-refractivity contribution in [2.45, 2.75) is 0 Å². The number of imidazole rings is 1. The van der Waals surface area contributed by atoms with E-state index in [0.29, 0.717) is 29.1 Å². The molecule has 3 rings (SSSR count). The van der Waals surface area contributed by atoms with Gasteiger partial charge in [0.25, 0.3) is 5.91 Å². The first-order valence-electron chi connectivity index (χ1n) is 7.82. The molecule has 0 radical (unpaired) electrons. The number of hydrogen-bond acceptors (Lipinski definition) is 4. The summed E-state index contributed by atoms with van der Waals surface area (Å²) >= 11 is 0. The third-order valence-corrected chi connectivity index (χ3v) is 3.76. The lowest BCUT2D eigenvalue weighted by Gasteiger charge is -2.10. The van der Waals surface area contributed by atoms with Crippen molar-refractivity contribution in [1.82, 2.24) is 20.2 Å². The number of amides is 1. The third-order valence-electron chi connectivity index (χ3n) is 3.76. The van der Waals surface area contributed by atoms with Crippen LogP contribution in [0.4, 0.5) is 5.69 Å². The van der Waals surface area contributed by atoms with E-state index in [0.717, 1.165) is 17.6 Å². The molecule has 0 unspecified atom stereocenters. The molecule has 4 N–H and O–H groups in total. The smallest absolute Gasteiger partial charge is 0.253 e. The van der Waals surface area contributed by atoms with Crippen LogP contribution in [0.25, 0.3) is 22.4 Å². The van der Waals surface area contributed by atoms with Crippen molar-refractivity contribution in [1.29, 1.82) is 0 Å². The zero-order valence-electron chi connectivity index (χ0n) is 13.8. The van der Waals surface area contributed by atoms with Crippen LogP contribution in [0.1, 0.15) is 10.4 Å². The van der Waals surface area contributed by atoms with Crippen molar-refractivity contribution in [3.63, 3.8) is 0 Å². The zero-order chi connectivity index (χ0) is 17.1. The number of fused-ring (bicyclic) bond motifs is 1. The molecule has 0 spiro atoms. The Morgan fingerprint density at radius 2 is 2.04 bits per heavy atom. The summed E-state index contributed by atoms with van der Waals surface area (Å²) in [5.41, 5.74) is 9.47. The normalized spacial score (nSPS) is 11.1. The minimum Gasteiger partial charge on any atom is -0.399 e. The minimum atomic E-state index is -0.118. The van der Waals surface area contributed by atoms with Crippen LogP contribution in [0.15, 0.2) is 42.5 Å². The van der Waals surface area contributed by atoms with Gasteiger partial charge in [-0.05, 0) is 38.4 Å². The second kappa shape index (κ2) is 6.72. The van der Waals surface area contributed by atoms with Crippen molar-refractivity contribution < 1.29 is 4.79 Å². The van der Waals surface area contributed by atoms with Crippen molar-refractivity contribution in [2.75, 3.05) is 32.9 Å². The first-order chi connectivity index (χ1) is 11.5. The average molecular weight is 323 g/mol. The number of nitrogens with two attached hydrogens (primary N) is 1. The number of rotatable bonds is 5. The van der Waals surface area contributed by atoms with Crippen LogP contribution in [0.2, 0.25) is 0 Å². The Balaban J connectivity index is 1.91. The lowest BCUT2D eigenvalue weighted by atomic mass is 10.1. The summed E-state index contributed by atoms with van der Waals surface area (Å²) in [6.45, 7) is 1.38. The summed E-state index contributed by atoms with van der Waals surface area (Å²) in [7, 11) is 3.94. The van der Waals surface area contributed by atoms with Crippen molar-refractivity contribution in [2.24, 2.45) is 0 Å². The van der Waals surface area contributed by atoms with Gasteiger partial charge in [0.05, 0.1) is 11.1 Å². The predicted octanol–water partition coefficient (Wildman–Crippen LogP) is 2.10. The van der Waals surface area contributed by atoms with E-state index in [1.165, 1.54) is 0 Å². The Hall–Kier alpha value is -2.86. The highest BCUT2D eigenvalue weighted by molar-refractivity contribution is 6.05. The van der Waals surface area contributed by atoms with Gasteiger partial charge in [0, 0.05) is 24.3 Å². The number of H-pyrrole nitrogens is 1. The molecule has 0 saturated carbocycles. The molecule has 3 aromatic rings. The lowest BCUT2D eigenvalue weighted by molar-refractivity contribution is 0.0952. The van der Waals surface area contributed by atoms with Crippen molar-refractivity contribution in [3.05, 3.63) is 48.0 Å². The van der Waals surface area contributed by atoms with Crippen LogP contribution in [0.3, 0.4) is 0 Å². The van der Waals surface area contributed by atoms with Gasteiger partial charge in [-0.1, -0.05) is 18.2 Å². The predicted molar refractivity (Wildman–Crippen MR) is 96.8 cm³/mol. The van der Waals surface area contributed by atoms with Crippen LogP contribution >= 0.6 is 0 Å². The maximum atomic E-state index is 12.4. The Kier molecular flexibility index (Phi) is 4.48. The number of nitrogen functional groups attached to an aromatic ring is 1. The second-order valence-corrected chi connectivity index (χ2v) is 5.97. The van der Waals surface area contributed by atoms with Gasteiger partial charge in [-0.25, -0.2) is 4.98 Å². The maximum absolute atomic E-state index is 12.4. The van der Waals surface area contributed by atoms with Gasteiger partial charge < -0.3 is 20.9 Å². The molecule has 6 heteroatoms. The van der Waals surface area contributed by atoms with E-state index in [-0.39, 0.29) is 5.91 Å². The van der Waals surface area contributed by atoms with E-state index < -0.39 is 0 Å². The van der Waals surface area contributed by atoms with E-state index >= 15 is 0 Å². The van der Waals surface area contributed by atoms with Gasteiger partial charge in [-0.15, -0.1) is 0 Å². The third kappa shape index (κ3) is 3.38. The van der Waals surface area contributed by atoms with Gasteiger partial charge in [0.2, 0.25) is 0 Å². The van der Waals surface area contributed by atoms with Crippen LogP contribution < -0.4 is 11.1 Å². The first-order valence-corrected chi connectivity index (χ1v) is 7.82. The number of para-hydroxylation sites is 1. The molecular formula is C18H21N5O. The van der Waals surface area contributed by atoms with Gasteiger partial charge in [-0.3, -0.25) is 4.79 Å². The van der Waals surface area contributed by atoms with Crippen molar-refractivity contribution in [3.8, 4) is 11.4 Å². The molecule has 0 atom stereocenters. The van der Waals surface area contributed by atoms with E-state index in [1.807, 2.05) is 55.4 Å². The summed E-state index contributed by atoms with van der Waals surface area (Å²) < 4.78 is 0. The minimum absolute atomic E-state index is 0.118. The fraction of sp³-hybridized carbons (Fsp3) is 0.222. The standard InChI is InChI=1S/C18H21N5O/c1-23(2)10-9-20-18(24)14-7-4-8-15-16(14)22-17(21-15)12-5-3-6-13(19)11-12/h3-8,11H,9-10,19H2,1-2H3,(H,20,24)(H,21,22). The Labute approximate surface area is 140 Å². The molecule has 1 amide bonds. The highest BCUT2D eigenvalue weighted by Gasteiger charge is 2.14. The molecule has 2 aromatic carbocycles. The van der Waals surface area contributed by atoms with Gasteiger partial charge >= 0.3 is 0 Å². The molecule has 6 nitrogen and oxygen atoms in total. The fourth-order valence-electron chi connectivity index (χ4n) is 2.53. The number of hydrogen-bond donors (Lipinski definition) is 3. The molecule has 0 aliphatic rings. The van der Waals surface area contributed by atoms with Gasteiger partial charge in [-0.2, -0.15) is 0 Å². The topological polar surface area (TPSA) is 87.0 Å². The summed E-state index contributed by atoms with van der Waals surface area (Å²) in [6.07, 6.45) is 0. The van der Waals surface area contributed by atoms with Crippen LogP contribution in [0.5, 0.6) is 0 Å². The number of nitrogens with zero attached hydrogens (tertiary/aromatic N) is 2. The van der Waals surface area contributed by atoms with E-state index in [2.05, 4.69) is 15.3 Å². The molecule has 0 aliphatic heterocycles. The molecule has 0 saturated heterocycles. The number of carbonyl (C=O) groups excluding carboxylic acids is 1. The zero-order valence-corrected chi connectivity index (χ0v) is 13.8. The molecule has 124 valence electrons. The van der Waals surface area contributed by atoms with Crippen molar-refractivity contribution >= 4 is 22.6 Å². The van der Waals surface area contributed by atoms with Gasteiger partial charge in [0.1, 0.15) is 11.3 Å². The quantitative estimate of drug-likeness (QED) is 0.628. The molecule has 24 heavy (non-hydrogen) atoms. The Morgan fingerprint density at radius 1 is 1.25 bits per heavy atom. The lowest BCUT2D eigenvalue weighted by Crippen LogP contribution is -2.31. The van der Waals surface area contributed by atoms with E-state index in [1.54, 1.807) is 6.07 Å². The number of aromatic nitrogens is 2. The maximum Gasteiger partial charge on any atom is 0.253 e. The highest BCUT2D eigenvalue weighted by atomic mass is 16.1. The summed E-state index contributed by atoms with van der Waals surface area (Å²) in [4.78, 5) is 22.3. The monoisotopic (exact) mass is 323 g/mol. The summed E-state index contributed by atoms with van der Waals surface area (Å²) in [6, 6.07) is 13.1. The second-order valence-electron chi connectivity index (χ2n) is 5.97. The molecule has 1 heterocycles. The highest BCUT2D eigenvalue weighted by Crippen LogP contribution is 2.24. The molecule has 1 aromatic heterocycles. The van der Waals surface area contributed by atoms with Crippen LogP contribution in [0, 0.1) is 0 Å². The molecule has 0 fully saturated rings. The number of benzene rings is 2. The molecule has 0 bridgehead atoms. The SMILES string of the molecule is CN(C)CCNC(=O)c1cccc2[nH]c(-c3cccc(N)c3)nc12. The number of aromatic amines is 1. The Morgan fingerprint density at radius 3 is 2.79 bits per heavy atom. The summed E-state index contributed by atoms with van der Waals surface area (Å²) in [5.74, 6) is 0.582. The van der Waals surface area contributed by atoms with Crippen LogP contribution in [-0.2, 0) is 0 Å². The Bertz CT molecular complexity index is 869. The number of likely N-dealkylation sites (N-methyl/N-ethyl adjacent to an activating group) is 1. The van der Waals surface area contributed by atoms with Gasteiger partial charge in [0.15, 0.2) is 0 Å². The average Bonchev–Trinajstić information content (AvgIpc) is 2.98. The molecule has 0 aliphatic carbocycles. The number of anilines is 1. The first kappa shape index (κ1) is 16.0. The number of carbonyl (C=O) groups is 1. The number of nitrogens with one attached hydrogen (secondary N) is 2. The fourth-order valence-corrected chi connectivity index (χ4v) is 2.53.